The van der Waals surface area contributed by atoms with Gasteiger partial charge < -0.3 is 73.7 Å². The lowest BCUT2D eigenvalue weighted by Gasteiger charge is -2.45. The Bertz CT molecular complexity index is 1570. The van der Waals surface area contributed by atoms with Crippen LogP contribution in [0.4, 0.5) is 0 Å². The molecule has 3 heterocycles. The number of phenols is 2. The number of phenolic OH excluding ortho intramolecular Hbond substituents is 2. The molecule has 3 aromatic rings. The molecule has 16 nitrogen and oxygen atoms in total. The van der Waals surface area contributed by atoms with E-state index in [1.807, 2.05) is 0 Å². The van der Waals surface area contributed by atoms with E-state index in [1.54, 1.807) is 0 Å². The van der Waals surface area contributed by atoms with Crippen LogP contribution in [-0.4, -0.2) is 123 Å². The van der Waals surface area contributed by atoms with Crippen molar-refractivity contribution in [3.63, 3.8) is 0 Å². The third-order valence-electron chi connectivity index (χ3n) is 7.72. The monoisotopic (exact) mass is 638 g/mol. The van der Waals surface area contributed by atoms with Gasteiger partial charge >= 0.3 is 0 Å². The summed E-state index contributed by atoms with van der Waals surface area (Å²) in [7, 11) is 2.64. The minimum absolute atomic E-state index is 0.0131. The van der Waals surface area contributed by atoms with Gasteiger partial charge in [-0.25, -0.2) is 0 Å². The van der Waals surface area contributed by atoms with Crippen LogP contribution in [0.2, 0.25) is 0 Å². The highest BCUT2D eigenvalue weighted by molar-refractivity contribution is 5.87. The Kier molecular flexibility index (Phi) is 9.41. The van der Waals surface area contributed by atoms with E-state index in [9.17, 15) is 45.6 Å². The Morgan fingerprint density at radius 3 is 2.18 bits per heavy atom. The number of ether oxygens (including phenoxy) is 6. The first kappa shape index (κ1) is 32.7. The summed E-state index contributed by atoms with van der Waals surface area (Å²) >= 11 is 0. The molecule has 2 fully saturated rings. The Hall–Kier alpha value is -3.71. The van der Waals surface area contributed by atoms with E-state index < -0.39 is 79.2 Å². The fourth-order valence-corrected chi connectivity index (χ4v) is 5.30. The van der Waals surface area contributed by atoms with Gasteiger partial charge in [-0.05, 0) is 19.1 Å². The number of aromatic hydroxyl groups is 2. The Morgan fingerprint density at radius 1 is 0.800 bits per heavy atom. The van der Waals surface area contributed by atoms with Crippen LogP contribution in [-0.2, 0) is 14.2 Å². The van der Waals surface area contributed by atoms with Gasteiger partial charge in [0, 0.05) is 18.2 Å². The zero-order chi connectivity index (χ0) is 32.7. The second kappa shape index (κ2) is 13.0. The molecule has 2 saturated heterocycles. The second-order valence-electron chi connectivity index (χ2n) is 10.6. The van der Waals surface area contributed by atoms with Crippen LogP contribution < -0.4 is 19.6 Å². The van der Waals surface area contributed by atoms with E-state index in [-0.39, 0.29) is 45.3 Å². The lowest BCUT2D eigenvalue weighted by molar-refractivity contribution is -0.354. The molecule has 2 aliphatic rings. The molecular formula is C29H34O16. The maximum atomic E-state index is 13.1. The molecular weight excluding hydrogens is 604 g/mol. The van der Waals surface area contributed by atoms with Crippen molar-refractivity contribution in [2.75, 3.05) is 20.8 Å². The SMILES string of the molecule is COc1c(O)ccc(-c2cc(=O)c3c(O)cc(O[C@@H]4O[C@H](CO)[C@@H](O)[C@H](O)[C@H]4O[C@@H]4O[C@@H](C)[C@H](O)[C@@H](O)[C@H]4O)cc3o2)c1OC. The number of aliphatic hydroxyl groups excluding tert-OH is 6. The van der Waals surface area contributed by atoms with Crippen molar-refractivity contribution in [3.05, 3.63) is 40.6 Å². The largest absolute Gasteiger partial charge is 0.507 e. The van der Waals surface area contributed by atoms with E-state index in [4.69, 9.17) is 32.8 Å². The highest BCUT2D eigenvalue weighted by Gasteiger charge is 2.51. The van der Waals surface area contributed by atoms with Crippen molar-refractivity contribution in [2.24, 2.45) is 0 Å². The Labute approximate surface area is 254 Å². The molecule has 0 aliphatic carbocycles. The average Bonchev–Trinajstić information content (AvgIpc) is 3.01. The summed E-state index contributed by atoms with van der Waals surface area (Å²) in [6.07, 6.45) is -15.6. The van der Waals surface area contributed by atoms with Gasteiger partial charge in [0.1, 0.15) is 64.9 Å². The Morgan fingerprint density at radius 2 is 1.51 bits per heavy atom. The molecule has 45 heavy (non-hydrogen) atoms. The van der Waals surface area contributed by atoms with Crippen molar-refractivity contribution in [1.29, 1.82) is 0 Å². The smallest absolute Gasteiger partial charge is 0.229 e. The second-order valence-corrected chi connectivity index (χ2v) is 10.6. The molecule has 0 bridgehead atoms. The lowest BCUT2D eigenvalue weighted by Crippen LogP contribution is -2.64. The molecule has 1 aromatic heterocycles. The molecule has 246 valence electrons. The van der Waals surface area contributed by atoms with Gasteiger partial charge in [0.2, 0.25) is 12.0 Å². The molecule has 10 atom stereocenters. The Balaban J connectivity index is 1.52. The summed E-state index contributed by atoms with van der Waals surface area (Å²) in [6, 6.07) is 6.13. The van der Waals surface area contributed by atoms with Gasteiger partial charge in [0.15, 0.2) is 29.3 Å². The molecule has 0 saturated carbocycles. The zero-order valence-corrected chi connectivity index (χ0v) is 24.2. The summed E-state index contributed by atoms with van der Waals surface area (Å²) < 4.78 is 39.2. The van der Waals surface area contributed by atoms with Crippen molar-refractivity contribution >= 4 is 11.0 Å². The van der Waals surface area contributed by atoms with Crippen molar-refractivity contribution in [1.82, 2.24) is 0 Å². The van der Waals surface area contributed by atoms with Crippen LogP contribution in [0.25, 0.3) is 22.3 Å². The van der Waals surface area contributed by atoms with E-state index in [1.165, 1.54) is 39.3 Å². The zero-order valence-electron chi connectivity index (χ0n) is 24.2. The first-order chi connectivity index (χ1) is 21.4. The molecule has 5 rings (SSSR count). The molecule has 8 N–H and O–H groups in total. The summed E-state index contributed by atoms with van der Waals surface area (Å²) in [5, 5.41) is 82.4. The molecule has 2 aliphatic heterocycles. The number of methoxy groups -OCH3 is 2. The van der Waals surface area contributed by atoms with Gasteiger partial charge in [-0.15, -0.1) is 0 Å². The minimum atomic E-state index is -1.79. The van der Waals surface area contributed by atoms with E-state index in [0.717, 1.165) is 12.1 Å². The first-order valence-corrected chi connectivity index (χ1v) is 13.8. The molecule has 0 spiro atoms. The van der Waals surface area contributed by atoms with Gasteiger partial charge in [0.25, 0.3) is 0 Å². The minimum Gasteiger partial charge on any atom is -0.507 e. The van der Waals surface area contributed by atoms with E-state index in [2.05, 4.69) is 0 Å². The molecule has 0 unspecified atom stereocenters. The highest BCUT2D eigenvalue weighted by Crippen LogP contribution is 2.44. The van der Waals surface area contributed by atoms with Gasteiger partial charge in [0.05, 0.1) is 32.5 Å². The van der Waals surface area contributed by atoms with Crippen LogP contribution in [0.15, 0.2) is 39.5 Å². The quantitative estimate of drug-likeness (QED) is 0.146. The maximum Gasteiger partial charge on any atom is 0.229 e. The number of benzene rings is 2. The third kappa shape index (κ3) is 5.99. The van der Waals surface area contributed by atoms with Gasteiger partial charge in [-0.1, -0.05) is 0 Å². The molecule has 2 aromatic carbocycles. The van der Waals surface area contributed by atoms with Crippen LogP contribution in [0, 0.1) is 0 Å². The highest BCUT2D eigenvalue weighted by atomic mass is 16.8. The normalized spacial score (nSPS) is 31.9. The predicted octanol–water partition coefficient (Wildman–Crippen LogP) is -1.08. The molecule has 16 heteroatoms. The number of aliphatic hydroxyl groups is 6. The summed E-state index contributed by atoms with van der Waals surface area (Å²) in [5.74, 6) is -0.925. The average molecular weight is 639 g/mol. The fraction of sp³-hybridized carbons (Fsp3) is 0.483. The predicted molar refractivity (Wildman–Crippen MR) is 150 cm³/mol. The number of rotatable bonds is 8. The van der Waals surface area contributed by atoms with Gasteiger partial charge in [-0.3, -0.25) is 4.79 Å². The van der Waals surface area contributed by atoms with Crippen molar-refractivity contribution in [2.45, 2.75) is 68.3 Å². The van der Waals surface area contributed by atoms with Crippen LogP contribution in [0.5, 0.6) is 28.7 Å². The lowest BCUT2D eigenvalue weighted by atomic mass is 9.97. The van der Waals surface area contributed by atoms with Crippen LogP contribution in [0.3, 0.4) is 0 Å². The molecule has 0 radical (unpaired) electrons. The third-order valence-corrected chi connectivity index (χ3v) is 7.72. The van der Waals surface area contributed by atoms with Crippen molar-refractivity contribution in [3.8, 4) is 40.1 Å². The van der Waals surface area contributed by atoms with E-state index in [0.29, 0.717) is 0 Å². The standard InChI is InChI=1S/C29H34O16/c1-10-20(34)22(36)24(38)28(41-10)45-27-23(37)21(35)18(9-30)44-29(27)42-11-6-14(32)19-15(33)8-16(43-17(19)7-11)12-4-5-13(31)26(40-3)25(12)39-2/h4-8,10,18,20-24,27-32,34-38H,9H2,1-3H3/t10-,18+,20-,21+,22+,23-,24+,27+,28-,29+/m0/s1. The summed E-state index contributed by atoms with van der Waals surface area (Å²) in [5.41, 5.74) is -0.570. The number of hydrogen-bond donors (Lipinski definition) is 8. The van der Waals surface area contributed by atoms with Crippen LogP contribution >= 0.6 is 0 Å². The number of hydrogen-bond acceptors (Lipinski definition) is 16. The van der Waals surface area contributed by atoms with Crippen LogP contribution in [0.1, 0.15) is 6.92 Å². The summed E-state index contributed by atoms with van der Waals surface area (Å²) in [6.45, 7) is 0.673. The van der Waals surface area contributed by atoms with Gasteiger partial charge in [-0.2, -0.15) is 0 Å². The molecule has 0 amide bonds. The summed E-state index contributed by atoms with van der Waals surface area (Å²) in [4.78, 5) is 13.1. The fourth-order valence-electron chi connectivity index (χ4n) is 5.30. The number of fused-ring (bicyclic) bond motifs is 1. The topological polar surface area (TPSA) is 247 Å². The van der Waals surface area contributed by atoms with E-state index >= 15 is 0 Å². The van der Waals surface area contributed by atoms with Crippen molar-refractivity contribution < 1.29 is 73.7 Å². The first-order valence-electron chi connectivity index (χ1n) is 13.8. The maximum absolute atomic E-state index is 13.1.